The lowest BCUT2D eigenvalue weighted by molar-refractivity contribution is 0.792. The van der Waals surface area contributed by atoms with Gasteiger partial charge in [-0.3, -0.25) is 0 Å². The van der Waals surface area contributed by atoms with Crippen LogP contribution >= 0.6 is 0 Å². The average Bonchev–Trinajstić information content (AvgIpc) is 2.03. The maximum atomic E-state index is 7.44. The molecule has 0 amide bonds. The zero-order valence-electron chi connectivity index (χ0n) is 8.59. The van der Waals surface area contributed by atoms with Gasteiger partial charge in [-0.25, -0.2) is 0 Å². The first-order chi connectivity index (χ1) is 6.11. The number of hydrogen-bond acceptors (Lipinski definition) is 1. The zero-order valence-corrected chi connectivity index (χ0v) is 8.59. The molecule has 0 aliphatic carbocycles. The maximum Gasteiger partial charge on any atom is 0.00642 e. The van der Waals surface area contributed by atoms with Gasteiger partial charge in [0, 0.05) is 5.71 Å². The Hall–Kier alpha value is -1.11. The Morgan fingerprint density at radius 2 is 2.00 bits per heavy atom. The first-order valence-corrected chi connectivity index (χ1v) is 4.71. The van der Waals surface area contributed by atoms with Gasteiger partial charge < -0.3 is 5.41 Å². The molecule has 1 aromatic carbocycles. The summed E-state index contributed by atoms with van der Waals surface area (Å²) in [4.78, 5) is 0. The van der Waals surface area contributed by atoms with Crippen molar-refractivity contribution in [2.75, 3.05) is 0 Å². The molecule has 0 spiro atoms. The van der Waals surface area contributed by atoms with Gasteiger partial charge in [0.25, 0.3) is 0 Å². The van der Waals surface area contributed by atoms with Crippen LogP contribution in [0.3, 0.4) is 0 Å². The quantitative estimate of drug-likeness (QED) is 0.679. The van der Waals surface area contributed by atoms with Crippen LogP contribution in [0, 0.1) is 12.3 Å². The third-order valence-electron chi connectivity index (χ3n) is 2.33. The fraction of sp³-hybridized carbons (Fsp3) is 0.417. The molecular weight excluding hydrogens is 158 g/mol. The summed E-state index contributed by atoms with van der Waals surface area (Å²) >= 11 is 0. The van der Waals surface area contributed by atoms with Gasteiger partial charge in [-0.2, -0.15) is 0 Å². The Kier molecular flexibility index (Phi) is 3.24. The molecule has 1 atom stereocenters. The molecule has 0 radical (unpaired) electrons. The van der Waals surface area contributed by atoms with Crippen LogP contribution in [0.2, 0.25) is 0 Å². The molecule has 0 aliphatic heterocycles. The second-order valence-electron chi connectivity index (χ2n) is 3.74. The summed E-state index contributed by atoms with van der Waals surface area (Å²) in [5, 5.41) is 7.44. The van der Waals surface area contributed by atoms with Crippen LogP contribution in [-0.4, -0.2) is 5.71 Å². The molecule has 1 heteroatoms. The molecule has 0 saturated heterocycles. The van der Waals surface area contributed by atoms with Gasteiger partial charge >= 0.3 is 0 Å². The van der Waals surface area contributed by atoms with Crippen LogP contribution in [0.1, 0.15) is 37.3 Å². The molecule has 1 N–H and O–H groups in total. The van der Waals surface area contributed by atoms with Crippen LogP contribution < -0.4 is 0 Å². The lowest BCUT2D eigenvalue weighted by Crippen LogP contribution is -2.01. The second-order valence-corrected chi connectivity index (χ2v) is 3.74. The van der Waals surface area contributed by atoms with E-state index in [4.69, 9.17) is 5.41 Å². The molecule has 1 rings (SSSR count). The number of hydrogen-bond donors (Lipinski definition) is 1. The van der Waals surface area contributed by atoms with Crippen molar-refractivity contribution in [3.05, 3.63) is 35.4 Å². The Labute approximate surface area is 80.3 Å². The normalized spacial score (nSPS) is 12.5. The van der Waals surface area contributed by atoms with Gasteiger partial charge in [0.2, 0.25) is 0 Å². The SMILES string of the molecule is CC(=N)CC(C)c1ccccc1C. The monoisotopic (exact) mass is 175 g/mol. The third kappa shape index (κ3) is 2.69. The lowest BCUT2D eigenvalue weighted by atomic mass is 9.92. The van der Waals surface area contributed by atoms with Gasteiger partial charge in [-0.15, -0.1) is 0 Å². The first-order valence-electron chi connectivity index (χ1n) is 4.71. The van der Waals surface area contributed by atoms with E-state index in [0.717, 1.165) is 12.1 Å². The van der Waals surface area contributed by atoms with E-state index >= 15 is 0 Å². The highest BCUT2D eigenvalue weighted by atomic mass is 14.4. The summed E-state index contributed by atoms with van der Waals surface area (Å²) in [6.45, 7) is 6.18. The van der Waals surface area contributed by atoms with Gasteiger partial charge in [-0.1, -0.05) is 31.2 Å². The maximum absolute atomic E-state index is 7.44. The van der Waals surface area contributed by atoms with E-state index in [9.17, 15) is 0 Å². The summed E-state index contributed by atoms with van der Waals surface area (Å²) in [5.74, 6) is 0.471. The molecule has 0 fully saturated rings. The summed E-state index contributed by atoms with van der Waals surface area (Å²) in [7, 11) is 0. The van der Waals surface area contributed by atoms with Crippen LogP contribution in [0.5, 0.6) is 0 Å². The average molecular weight is 175 g/mol. The van der Waals surface area contributed by atoms with Gasteiger partial charge in [-0.05, 0) is 37.3 Å². The minimum absolute atomic E-state index is 0.471. The van der Waals surface area contributed by atoms with E-state index in [1.807, 2.05) is 6.92 Å². The number of rotatable bonds is 3. The number of aryl methyl sites for hydroxylation is 1. The smallest absolute Gasteiger partial charge is 0.00642 e. The minimum atomic E-state index is 0.471. The first kappa shape index (κ1) is 9.97. The Morgan fingerprint density at radius 3 is 2.54 bits per heavy atom. The number of benzene rings is 1. The summed E-state index contributed by atoms with van der Waals surface area (Å²) < 4.78 is 0. The molecule has 70 valence electrons. The second kappa shape index (κ2) is 4.22. The van der Waals surface area contributed by atoms with Gasteiger partial charge in [0.15, 0.2) is 0 Å². The molecule has 0 aromatic heterocycles. The molecule has 13 heavy (non-hydrogen) atoms. The predicted molar refractivity (Wildman–Crippen MR) is 57.6 cm³/mol. The summed E-state index contributed by atoms with van der Waals surface area (Å²) in [6.07, 6.45) is 0.866. The van der Waals surface area contributed by atoms with Crippen molar-refractivity contribution in [3.63, 3.8) is 0 Å². The molecular formula is C12H17N. The van der Waals surface area contributed by atoms with Crippen molar-refractivity contribution in [1.82, 2.24) is 0 Å². The van der Waals surface area contributed by atoms with Crippen molar-refractivity contribution < 1.29 is 0 Å². The predicted octanol–water partition coefficient (Wildman–Crippen LogP) is 3.53. The van der Waals surface area contributed by atoms with Gasteiger partial charge in [0.1, 0.15) is 0 Å². The van der Waals surface area contributed by atoms with Gasteiger partial charge in [0.05, 0.1) is 0 Å². The molecule has 1 nitrogen and oxygen atoms in total. The zero-order chi connectivity index (χ0) is 9.84. The largest absolute Gasteiger partial charge is 0.310 e. The van der Waals surface area contributed by atoms with E-state index in [1.165, 1.54) is 11.1 Å². The van der Waals surface area contributed by atoms with Crippen LogP contribution in [-0.2, 0) is 0 Å². The highest BCUT2D eigenvalue weighted by Gasteiger charge is 2.07. The highest BCUT2D eigenvalue weighted by molar-refractivity contribution is 5.79. The fourth-order valence-corrected chi connectivity index (χ4v) is 1.71. The number of nitrogens with one attached hydrogen (secondary N) is 1. The Balaban J connectivity index is 2.82. The van der Waals surface area contributed by atoms with Crippen LogP contribution in [0.15, 0.2) is 24.3 Å². The lowest BCUT2D eigenvalue weighted by Gasteiger charge is -2.13. The topological polar surface area (TPSA) is 23.9 Å². The van der Waals surface area contributed by atoms with Crippen molar-refractivity contribution in [1.29, 1.82) is 5.41 Å². The Bertz CT molecular complexity index is 302. The molecule has 1 aromatic rings. The van der Waals surface area contributed by atoms with E-state index in [1.54, 1.807) is 0 Å². The van der Waals surface area contributed by atoms with Crippen molar-refractivity contribution in [2.45, 2.75) is 33.1 Å². The van der Waals surface area contributed by atoms with Crippen LogP contribution in [0.25, 0.3) is 0 Å². The van der Waals surface area contributed by atoms with Crippen LogP contribution in [0.4, 0.5) is 0 Å². The molecule has 0 bridgehead atoms. The summed E-state index contributed by atoms with van der Waals surface area (Å²) in [5.41, 5.74) is 3.46. The molecule has 0 saturated carbocycles. The van der Waals surface area contributed by atoms with Crippen molar-refractivity contribution >= 4 is 5.71 Å². The van der Waals surface area contributed by atoms with E-state index in [2.05, 4.69) is 38.1 Å². The fourth-order valence-electron chi connectivity index (χ4n) is 1.71. The molecule has 0 aliphatic rings. The molecule has 0 heterocycles. The van der Waals surface area contributed by atoms with E-state index in [-0.39, 0.29) is 0 Å². The van der Waals surface area contributed by atoms with E-state index in [0.29, 0.717) is 5.92 Å². The highest BCUT2D eigenvalue weighted by Crippen LogP contribution is 2.22. The van der Waals surface area contributed by atoms with Crippen molar-refractivity contribution in [3.8, 4) is 0 Å². The standard InChI is InChI=1S/C12H17N/c1-9-6-4-5-7-12(9)10(2)8-11(3)13/h4-7,10,13H,8H2,1-3H3. The third-order valence-corrected chi connectivity index (χ3v) is 2.33. The minimum Gasteiger partial charge on any atom is -0.310 e. The summed E-state index contributed by atoms with van der Waals surface area (Å²) in [6, 6.07) is 8.41. The molecule has 1 unspecified atom stereocenters. The van der Waals surface area contributed by atoms with E-state index < -0.39 is 0 Å². The van der Waals surface area contributed by atoms with Crippen molar-refractivity contribution in [2.24, 2.45) is 0 Å². The Morgan fingerprint density at radius 1 is 1.38 bits per heavy atom.